The van der Waals surface area contributed by atoms with Gasteiger partial charge in [0.05, 0.1) is 35.6 Å². The van der Waals surface area contributed by atoms with Gasteiger partial charge in [0.15, 0.2) is 23.6 Å². The van der Waals surface area contributed by atoms with Crippen molar-refractivity contribution in [2.45, 2.75) is 108 Å². The average Bonchev–Trinajstić information content (AvgIpc) is 3.23. The smallest absolute Gasteiger partial charge is 0.338 e. The lowest BCUT2D eigenvalue weighted by Gasteiger charge is -2.67. The summed E-state index contributed by atoms with van der Waals surface area (Å²) < 4.78 is 31.1. The van der Waals surface area contributed by atoms with Gasteiger partial charge in [-0.3, -0.25) is 19.2 Å². The fraction of sp³-hybridized carbons (Fsp3) is 0.447. The van der Waals surface area contributed by atoms with Crippen molar-refractivity contribution in [1.82, 2.24) is 5.32 Å². The highest BCUT2D eigenvalue weighted by Crippen LogP contribution is 2.64. The Hall–Kier alpha value is -5.01. The van der Waals surface area contributed by atoms with Gasteiger partial charge in [-0.05, 0) is 83.5 Å². The van der Waals surface area contributed by atoms with Crippen LogP contribution in [0.3, 0.4) is 0 Å². The molecular formula is C47H50INO14. The maximum Gasteiger partial charge on any atom is 0.338 e. The van der Waals surface area contributed by atoms with E-state index in [0.717, 1.165) is 17.4 Å². The predicted molar refractivity (Wildman–Crippen MR) is 230 cm³/mol. The van der Waals surface area contributed by atoms with E-state index in [1.54, 1.807) is 86.6 Å². The Morgan fingerprint density at radius 2 is 1.51 bits per heavy atom. The van der Waals surface area contributed by atoms with E-state index in [-0.39, 0.29) is 35.3 Å². The average molecular weight is 977 g/mol. The largest absolute Gasteiger partial charge is 0.456 e. The molecule has 1 aliphatic heterocycles. The molecule has 3 aromatic rings. The van der Waals surface area contributed by atoms with Gasteiger partial charge in [0.25, 0.3) is 5.91 Å². The molecule has 2 saturated carbocycles. The van der Waals surface area contributed by atoms with Crippen molar-refractivity contribution in [3.8, 4) is 0 Å². The van der Waals surface area contributed by atoms with Gasteiger partial charge < -0.3 is 44.3 Å². The zero-order valence-electron chi connectivity index (χ0n) is 35.5. The SMILES string of the molecule is CC(=O)O[C@H]1C(=O)[C@@]2(C)[C@H]([C@H](OC(=O)c3ccccc3)[C@]3(O)C[C@H](OC(=O)[C@H](O)[C@@H](NC(=O)c4cccc([124I])c4)c4ccccc4)C(C)=C1C3(C)C)[C@]1(OC(C)=O)CO[C@@H]1C[C@@H]2O. The number of Topliss-reactive ketones (excluding diaryl/α,β-unsaturated/α-hetero) is 1. The van der Waals surface area contributed by atoms with Crippen LogP contribution in [0.25, 0.3) is 0 Å². The molecule has 16 heteroatoms. The molecule has 11 atom stereocenters. The summed E-state index contributed by atoms with van der Waals surface area (Å²) in [6.07, 6.45) is -10.5. The summed E-state index contributed by atoms with van der Waals surface area (Å²) in [5.41, 5.74) is -7.02. The first kappa shape index (κ1) is 46.0. The van der Waals surface area contributed by atoms with E-state index in [0.29, 0.717) is 5.56 Å². The van der Waals surface area contributed by atoms with Gasteiger partial charge in [0, 0.05) is 41.2 Å². The Bertz CT molecular complexity index is 2350. The molecule has 1 amide bonds. The first-order valence-corrected chi connectivity index (χ1v) is 21.7. The van der Waals surface area contributed by atoms with Crippen molar-refractivity contribution in [2.24, 2.45) is 16.7 Å². The van der Waals surface area contributed by atoms with Crippen LogP contribution < -0.4 is 5.32 Å². The van der Waals surface area contributed by atoms with Crippen LogP contribution in [0.4, 0.5) is 0 Å². The number of esters is 4. The molecule has 3 fully saturated rings. The number of amides is 1. The Balaban J connectivity index is 1.38. The van der Waals surface area contributed by atoms with Gasteiger partial charge >= 0.3 is 23.9 Å². The molecule has 1 heterocycles. The number of carbonyl (C=O) groups excluding carboxylic acids is 6. The second kappa shape index (κ2) is 17.2. The number of aliphatic hydroxyl groups excluding tert-OH is 2. The lowest BCUT2D eigenvalue weighted by Crippen LogP contribution is -2.82. The Kier molecular flexibility index (Phi) is 12.5. The minimum atomic E-state index is -2.39. The van der Waals surface area contributed by atoms with E-state index in [1.165, 1.54) is 26.0 Å². The fourth-order valence-corrected chi connectivity index (χ4v) is 10.8. The van der Waals surface area contributed by atoms with Crippen LogP contribution in [-0.2, 0) is 42.9 Å². The number of rotatable bonds is 10. The number of halogens is 1. The molecule has 1 saturated heterocycles. The van der Waals surface area contributed by atoms with Gasteiger partial charge in [-0.25, -0.2) is 9.59 Å². The van der Waals surface area contributed by atoms with E-state index >= 15 is 4.79 Å². The minimum absolute atomic E-state index is 0.00325. The van der Waals surface area contributed by atoms with Gasteiger partial charge in [0.2, 0.25) is 0 Å². The van der Waals surface area contributed by atoms with Crippen LogP contribution >= 0.6 is 22.6 Å². The summed E-state index contributed by atoms with van der Waals surface area (Å²) in [6, 6.07) is 21.5. The molecular weight excluding hydrogens is 926 g/mol. The minimum Gasteiger partial charge on any atom is -0.456 e. The number of hydrogen-bond donors (Lipinski definition) is 4. The second-order valence-corrected chi connectivity index (χ2v) is 18.7. The van der Waals surface area contributed by atoms with Gasteiger partial charge in [0.1, 0.15) is 23.9 Å². The molecule has 0 aromatic heterocycles. The normalized spacial score (nSPS) is 31.6. The summed E-state index contributed by atoms with van der Waals surface area (Å²) in [7, 11) is 0. The number of ketones is 1. The number of nitrogens with one attached hydrogen (secondary N) is 1. The van der Waals surface area contributed by atoms with Crippen LogP contribution in [0, 0.1) is 20.3 Å². The Morgan fingerprint density at radius 1 is 0.873 bits per heavy atom. The lowest BCUT2D eigenvalue weighted by atomic mass is 9.44. The molecule has 0 radical (unpaired) electrons. The quantitative estimate of drug-likeness (QED) is 0.0962. The molecule has 4 aliphatic rings. The number of fused-ring (bicyclic) bond motifs is 5. The molecule has 4 N–H and O–H groups in total. The summed E-state index contributed by atoms with van der Waals surface area (Å²) in [5, 5.41) is 40.3. The van der Waals surface area contributed by atoms with Crippen molar-refractivity contribution in [3.05, 3.63) is 116 Å². The van der Waals surface area contributed by atoms with E-state index in [2.05, 4.69) is 27.9 Å². The topological polar surface area (TPSA) is 221 Å². The van der Waals surface area contributed by atoms with Crippen molar-refractivity contribution in [1.29, 1.82) is 0 Å². The van der Waals surface area contributed by atoms with Crippen LogP contribution in [0.5, 0.6) is 0 Å². The molecule has 3 aliphatic carbocycles. The molecule has 334 valence electrons. The monoisotopic (exact) mass is 976 g/mol. The van der Waals surface area contributed by atoms with Crippen LogP contribution in [-0.4, -0.2) is 105 Å². The number of aliphatic hydroxyl groups is 3. The van der Waals surface area contributed by atoms with Crippen molar-refractivity contribution in [2.75, 3.05) is 6.61 Å². The zero-order valence-corrected chi connectivity index (χ0v) is 37.7. The van der Waals surface area contributed by atoms with Gasteiger partial charge in [-0.15, -0.1) is 0 Å². The predicted octanol–water partition coefficient (Wildman–Crippen LogP) is 4.34. The fourth-order valence-electron chi connectivity index (χ4n) is 10.2. The van der Waals surface area contributed by atoms with Crippen LogP contribution in [0.15, 0.2) is 96.1 Å². The molecule has 15 nitrogen and oxygen atoms in total. The van der Waals surface area contributed by atoms with Crippen LogP contribution in [0.2, 0.25) is 0 Å². The van der Waals surface area contributed by atoms with Gasteiger partial charge in [-0.2, -0.15) is 0 Å². The molecule has 0 unspecified atom stereocenters. The third-order valence-corrected chi connectivity index (χ3v) is 14.2. The molecule has 7 rings (SSSR count). The van der Waals surface area contributed by atoms with Crippen molar-refractivity contribution >= 4 is 58.2 Å². The van der Waals surface area contributed by atoms with E-state index in [1.807, 2.05) is 0 Å². The highest BCUT2D eigenvalue weighted by molar-refractivity contribution is 14.1. The maximum absolute atomic E-state index is 15.5. The maximum atomic E-state index is 15.5. The summed E-state index contributed by atoms with van der Waals surface area (Å²) in [6.45, 7) is 7.98. The third kappa shape index (κ3) is 7.87. The second-order valence-electron chi connectivity index (χ2n) is 17.5. The molecule has 2 bridgehead atoms. The molecule has 3 aromatic carbocycles. The third-order valence-electron chi connectivity index (χ3n) is 13.5. The standard InChI is InChI=1S/C47H50INO14/c1-24-31(61-43(57)36(53)35(27-14-9-7-10-15-27)49-41(55)29-18-13-19-30(48)20-29)22-47(58)40(62-42(56)28-16-11-8-12-17-28)38-45(6,32(52)21-33-46(38,23-59-33)63-26(3)51)39(54)37(60-25(2)50)34(24)44(47,4)5/h7-20,31-33,35-38,40,52-53,58H,21-23H2,1-6H3,(H,49,55)/t31-,32-,33+,35-,36+,37+,38-,40-,45+,46-,47+/m0/s1/i48-3. The highest BCUT2D eigenvalue weighted by Gasteiger charge is 2.78. The summed E-state index contributed by atoms with van der Waals surface area (Å²) in [5.74, 6) is -6.84. The Labute approximate surface area is 377 Å². The van der Waals surface area contributed by atoms with E-state index < -0.39 is 113 Å². The number of carbonyl (C=O) groups is 6. The van der Waals surface area contributed by atoms with E-state index in [4.69, 9.17) is 23.7 Å². The molecule has 63 heavy (non-hydrogen) atoms. The summed E-state index contributed by atoms with van der Waals surface area (Å²) in [4.78, 5) is 83.7. The first-order chi connectivity index (χ1) is 29.7. The van der Waals surface area contributed by atoms with E-state index in [9.17, 15) is 39.3 Å². The zero-order chi connectivity index (χ0) is 45.8. The van der Waals surface area contributed by atoms with Crippen molar-refractivity contribution < 1.29 is 67.8 Å². The number of ether oxygens (including phenoxy) is 5. The van der Waals surface area contributed by atoms with Crippen LogP contribution in [0.1, 0.15) is 86.7 Å². The van der Waals surface area contributed by atoms with Gasteiger partial charge in [-0.1, -0.05) is 68.4 Å². The highest BCUT2D eigenvalue weighted by atomic mass is 124. The van der Waals surface area contributed by atoms with Crippen molar-refractivity contribution in [3.63, 3.8) is 0 Å². The first-order valence-electron chi connectivity index (χ1n) is 20.6. The molecule has 0 spiro atoms. The lowest BCUT2D eigenvalue weighted by molar-refractivity contribution is -0.346. The summed E-state index contributed by atoms with van der Waals surface area (Å²) >= 11 is 2.06. The number of benzene rings is 3. The Morgan fingerprint density at radius 3 is 2.10 bits per heavy atom. The number of hydrogen-bond acceptors (Lipinski definition) is 14.